The number of aromatic nitrogens is 1. The van der Waals surface area contributed by atoms with E-state index >= 15 is 0 Å². The summed E-state index contributed by atoms with van der Waals surface area (Å²) in [5.74, 6) is 0.436. The van der Waals surface area contributed by atoms with Crippen molar-refractivity contribution in [2.45, 2.75) is 6.92 Å². The number of anilines is 1. The third-order valence-electron chi connectivity index (χ3n) is 1.93. The molecule has 0 bridgehead atoms. The van der Waals surface area contributed by atoms with E-state index in [2.05, 4.69) is 5.16 Å². The highest BCUT2D eigenvalue weighted by Gasteiger charge is 2.05. The molecule has 0 saturated heterocycles. The van der Waals surface area contributed by atoms with Gasteiger partial charge in [-0.1, -0.05) is 35.0 Å². The number of hydrogen-bond donors (Lipinski definition) is 1. The van der Waals surface area contributed by atoms with Crippen molar-refractivity contribution in [2.75, 3.05) is 5.73 Å². The maximum Gasteiger partial charge on any atom is 0.174 e. The molecule has 0 aliphatic heterocycles. The normalized spacial score (nSPS) is 10.2. The molecule has 1 aromatic heterocycles. The Kier molecular flexibility index (Phi) is 1.77. The second kappa shape index (κ2) is 2.94. The van der Waals surface area contributed by atoms with Crippen LogP contribution in [-0.2, 0) is 0 Å². The standard InChI is InChI=1S/C10H10N2O/c1-7-3-2-4-8(5-7)9-6-13-12-10(9)11/h2-6H,1H3,(H2,11,12). The topological polar surface area (TPSA) is 52.0 Å². The molecule has 0 radical (unpaired) electrons. The van der Waals surface area contributed by atoms with Crippen molar-refractivity contribution >= 4 is 5.82 Å². The molecular weight excluding hydrogens is 164 g/mol. The molecule has 2 N–H and O–H groups in total. The van der Waals surface area contributed by atoms with E-state index in [0.717, 1.165) is 11.1 Å². The van der Waals surface area contributed by atoms with Gasteiger partial charge < -0.3 is 10.3 Å². The lowest BCUT2D eigenvalue weighted by atomic mass is 10.1. The SMILES string of the molecule is Cc1cccc(-c2conc2N)c1. The predicted molar refractivity (Wildman–Crippen MR) is 51.1 cm³/mol. The van der Waals surface area contributed by atoms with Crippen LogP contribution in [0.15, 0.2) is 35.1 Å². The molecule has 3 nitrogen and oxygen atoms in total. The summed E-state index contributed by atoms with van der Waals surface area (Å²) in [6.45, 7) is 2.03. The van der Waals surface area contributed by atoms with Gasteiger partial charge in [0.1, 0.15) is 6.26 Å². The van der Waals surface area contributed by atoms with E-state index < -0.39 is 0 Å². The van der Waals surface area contributed by atoms with Crippen molar-refractivity contribution in [3.63, 3.8) is 0 Å². The van der Waals surface area contributed by atoms with E-state index in [0.29, 0.717) is 5.82 Å². The molecule has 1 heterocycles. The third-order valence-corrected chi connectivity index (χ3v) is 1.93. The van der Waals surface area contributed by atoms with E-state index in [4.69, 9.17) is 10.3 Å². The molecule has 0 saturated carbocycles. The number of hydrogen-bond acceptors (Lipinski definition) is 3. The number of aryl methyl sites for hydroxylation is 1. The van der Waals surface area contributed by atoms with Gasteiger partial charge in [0.15, 0.2) is 5.82 Å². The largest absolute Gasteiger partial charge is 0.380 e. The van der Waals surface area contributed by atoms with Gasteiger partial charge in [-0.15, -0.1) is 0 Å². The number of benzene rings is 1. The average Bonchev–Trinajstić information content (AvgIpc) is 2.51. The zero-order chi connectivity index (χ0) is 9.26. The van der Waals surface area contributed by atoms with E-state index in [9.17, 15) is 0 Å². The van der Waals surface area contributed by atoms with Gasteiger partial charge in [0.05, 0.1) is 5.56 Å². The number of nitrogens with zero attached hydrogens (tertiary/aromatic N) is 1. The Bertz CT molecular complexity index is 420. The lowest BCUT2D eigenvalue weighted by molar-refractivity contribution is 0.423. The van der Waals surface area contributed by atoms with Crippen molar-refractivity contribution in [1.82, 2.24) is 5.16 Å². The van der Waals surface area contributed by atoms with Crippen LogP contribution in [-0.4, -0.2) is 5.16 Å². The second-order valence-corrected chi connectivity index (χ2v) is 2.98. The van der Waals surface area contributed by atoms with Crippen LogP contribution in [0.2, 0.25) is 0 Å². The highest BCUT2D eigenvalue weighted by Crippen LogP contribution is 2.24. The third kappa shape index (κ3) is 1.40. The van der Waals surface area contributed by atoms with Crippen molar-refractivity contribution in [2.24, 2.45) is 0 Å². The van der Waals surface area contributed by atoms with Crippen LogP contribution in [0.3, 0.4) is 0 Å². The molecule has 0 fully saturated rings. The lowest BCUT2D eigenvalue weighted by Crippen LogP contribution is -1.87. The fourth-order valence-corrected chi connectivity index (χ4v) is 1.27. The summed E-state index contributed by atoms with van der Waals surface area (Å²) >= 11 is 0. The first-order valence-corrected chi connectivity index (χ1v) is 4.04. The molecule has 0 amide bonds. The van der Waals surface area contributed by atoms with Crippen molar-refractivity contribution < 1.29 is 4.52 Å². The van der Waals surface area contributed by atoms with Gasteiger partial charge in [0, 0.05) is 0 Å². The van der Waals surface area contributed by atoms with Crippen molar-refractivity contribution in [3.05, 3.63) is 36.1 Å². The Labute approximate surface area is 76.2 Å². The van der Waals surface area contributed by atoms with E-state index in [1.54, 1.807) is 6.26 Å². The monoisotopic (exact) mass is 174 g/mol. The van der Waals surface area contributed by atoms with Crippen LogP contribution in [0.4, 0.5) is 5.82 Å². The molecule has 0 spiro atoms. The van der Waals surface area contributed by atoms with Crippen LogP contribution >= 0.6 is 0 Å². The Morgan fingerprint density at radius 2 is 2.23 bits per heavy atom. The second-order valence-electron chi connectivity index (χ2n) is 2.98. The summed E-state index contributed by atoms with van der Waals surface area (Å²) in [6.07, 6.45) is 1.56. The van der Waals surface area contributed by atoms with Gasteiger partial charge in [0.2, 0.25) is 0 Å². The fraction of sp³-hybridized carbons (Fsp3) is 0.100. The predicted octanol–water partition coefficient (Wildman–Crippen LogP) is 2.23. The molecule has 0 atom stereocenters. The Hall–Kier alpha value is -1.77. The zero-order valence-electron chi connectivity index (χ0n) is 7.32. The molecule has 2 aromatic rings. The summed E-state index contributed by atoms with van der Waals surface area (Å²) in [4.78, 5) is 0. The Morgan fingerprint density at radius 1 is 1.38 bits per heavy atom. The lowest BCUT2D eigenvalue weighted by Gasteiger charge is -1.98. The first-order valence-electron chi connectivity index (χ1n) is 4.04. The van der Waals surface area contributed by atoms with Crippen LogP contribution in [0.25, 0.3) is 11.1 Å². The highest BCUT2D eigenvalue weighted by molar-refractivity contribution is 5.72. The van der Waals surface area contributed by atoms with E-state index in [1.807, 2.05) is 31.2 Å². The molecule has 0 aliphatic carbocycles. The minimum Gasteiger partial charge on any atom is -0.380 e. The van der Waals surface area contributed by atoms with Crippen molar-refractivity contribution in [1.29, 1.82) is 0 Å². The molecule has 3 heteroatoms. The summed E-state index contributed by atoms with van der Waals surface area (Å²) in [5.41, 5.74) is 8.70. The van der Waals surface area contributed by atoms with E-state index in [-0.39, 0.29) is 0 Å². The van der Waals surface area contributed by atoms with Crippen LogP contribution < -0.4 is 5.73 Å². The number of nitrogen functional groups attached to an aromatic ring is 1. The zero-order valence-corrected chi connectivity index (χ0v) is 7.32. The summed E-state index contributed by atoms with van der Waals surface area (Å²) in [5, 5.41) is 3.63. The highest BCUT2D eigenvalue weighted by atomic mass is 16.5. The first-order chi connectivity index (χ1) is 6.27. The molecule has 66 valence electrons. The smallest absolute Gasteiger partial charge is 0.174 e. The van der Waals surface area contributed by atoms with Gasteiger partial charge in [0.25, 0.3) is 0 Å². The molecular formula is C10H10N2O. The minimum atomic E-state index is 0.436. The molecule has 1 aromatic carbocycles. The summed E-state index contributed by atoms with van der Waals surface area (Å²) in [7, 11) is 0. The molecule has 13 heavy (non-hydrogen) atoms. The van der Waals surface area contributed by atoms with Gasteiger partial charge in [-0.3, -0.25) is 0 Å². The van der Waals surface area contributed by atoms with Crippen LogP contribution in [0.5, 0.6) is 0 Å². The maximum absolute atomic E-state index is 5.62. The van der Waals surface area contributed by atoms with Crippen molar-refractivity contribution in [3.8, 4) is 11.1 Å². The summed E-state index contributed by atoms with van der Waals surface area (Å²) in [6, 6.07) is 8.04. The average molecular weight is 174 g/mol. The summed E-state index contributed by atoms with van der Waals surface area (Å²) < 4.78 is 4.76. The minimum absolute atomic E-state index is 0.436. The van der Waals surface area contributed by atoms with Gasteiger partial charge >= 0.3 is 0 Å². The molecule has 2 rings (SSSR count). The van der Waals surface area contributed by atoms with Gasteiger partial charge in [-0.05, 0) is 12.5 Å². The van der Waals surface area contributed by atoms with Gasteiger partial charge in [-0.25, -0.2) is 0 Å². The van der Waals surface area contributed by atoms with Crippen LogP contribution in [0, 0.1) is 6.92 Å². The first kappa shape index (κ1) is 7.86. The molecule has 0 unspecified atom stereocenters. The van der Waals surface area contributed by atoms with Gasteiger partial charge in [-0.2, -0.15) is 0 Å². The Balaban J connectivity index is 2.53. The maximum atomic E-state index is 5.62. The Morgan fingerprint density at radius 3 is 2.85 bits per heavy atom. The van der Waals surface area contributed by atoms with E-state index in [1.165, 1.54) is 5.56 Å². The quantitative estimate of drug-likeness (QED) is 0.721. The van der Waals surface area contributed by atoms with Crippen LogP contribution in [0.1, 0.15) is 5.56 Å². The number of nitrogens with two attached hydrogens (primary N) is 1. The fourth-order valence-electron chi connectivity index (χ4n) is 1.27. The number of rotatable bonds is 1. The molecule has 0 aliphatic rings.